The third kappa shape index (κ3) is 5.18. The summed E-state index contributed by atoms with van der Waals surface area (Å²) in [6, 6.07) is 0. The maximum Gasteiger partial charge on any atom is -0.0295 e. The van der Waals surface area contributed by atoms with Crippen molar-refractivity contribution in [2.24, 2.45) is 58.7 Å². The summed E-state index contributed by atoms with van der Waals surface area (Å²) < 4.78 is 0. The first kappa shape index (κ1) is 22.7. The molecule has 0 nitrogen and oxygen atoms in total. The molecule has 164 valence electrons. The van der Waals surface area contributed by atoms with Gasteiger partial charge >= 0.3 is 0 Å². The molecule has 5 aliphatic carbocycles. The van der Waals surface area contributed by atoms with Gasteiger partial charge in [0.05, 0.1) is 0 Å². The van der Waals surface area contributed by atoms with Crippen LogP contribution < -0.4 is 0 Å². The lowest BCUT2D eigenvalue weighted by atomic mass is 9.45. The van der Waals surface area contributed by atoms with Crippen LogP contribution in [-0.4, -0.2) is 0 Å². The summed E-state index contributed by atoms with van der Waals surface area (Å²) in [6.45, 7) is 17.0. The van der Waals surface area contributed by atoms with E-state index < -0.39 is 0 Å². The van der Waals surface area contributed by atoms with Gasteiger partial charge in [0.1, 0.15) is 0 Å². The fourth-order valence-corrected chi connectivity index (χ4v) is 7.77. The average molecular weight is 389 g/mol. The molecule has 0 radical (unpaired) electrons. The molecule has 4 bridgehead atoms. The van der Waals surface area contributed by atoms with E-state index in [1.807, 2.05) is 0 Å². The topological polar surface area (TPSA) is 0 Å². The van der Waals surface area contributed by atoms with Crippen LogP contribution >= 0.6 is 0 Å². The van der Waals surface area contributed by atoms with Gasteiger partial charge in [-0.25, -0.2) is 0 Å². The predicted octanol–water partition coefficient (Wildman–Crippen LogP) is 8.99. The first-order valence-corrected chi connectivity index (χ1v) is 13.2. The zero-order chi connectivity index (χ0) is 20.5. The van der Waals surface area contributed by atoms with Gasteiger partial charge in [0.2, 0.25) is 0 Å². The fourth-order valence-electron chi connectivity index (χ4n) is 7.77. The first-order chi connectivity index (χ1) is 13.2. The molecule has 0 saturated heterocycles. The highest BCUT2D eigenvalue weighted by atomic mass is 14.6. The molecule has 7 atom stereocenters. The van der Waals surface area contributed by atoms with Crippen LogP contribution in [0.4, 0.5) is 0 Å². The highest BCUT2D eigenvalue weighted by Crippen LogP contribution is 2.62. The molecule has 0 heterocycles. The second-order valence-corrected chi connectivity index (χ2v) is 12.9. The SMILES string of the molecule is CC(C)CC[C@H]1CC[C@H]2C[C@@H]1C2(C)C.CCC1C[C@@H]2CC(C(C)C)C[C@H](C1)C2. The molecule has 0 aromatic heterocycles. The van der Waals surface area contributed by atoms with Crippen LogP contribution in [-0.2, 0) is 0 Å². The number of fused-ring (bicyclic) bond motifs is 4. The van der Waals surface area contributed by atoms with Crippen molar-refractivity contribution in [2.45, 2.75) is 119 Å². The Balaban J connectivity index is 0.000000161. The van der Waals surface area contributed by atoms with Crippen LogP contribution in [0.1, 0.15) is 119 Å². The van der Waals surface area contributed by atoms with Crippen LogP contribution in [0.3, 0.4) is 0 Å². The van der Waals surface area contributed by atoms with Crippen LogP contribution in [0.15, 0.2) is 0 Å². The van der Waals surface area contributed by atoms with Crippen molar-refractivity contribution in [1.82, 2.24) is 0 Å². The van der Waals surface area contributed by atoms with E-state index in [0.717, 1.165) is 53.3 Å². The molecule has 0 aliphatic heterocycles. The van der Waals surface area contributed by atoms with E-state index in [0.29, 0.717) is 5.41 Å². The van der Waals surface area contributed by atoms with Gasteiger partial charge in [-0.1, -0.05) is 61.3 Å². The number of rotatable bonds is 5. The number of hydrogen-bond acceptors (Lipinski definition) is 0. The van der Waals surface area contributed by atoms with Crippen molar-refractivity contribution in [3.63, 3.8) is 0 Å². The molecule has 5 fully saturated rings. The molecule has 2 unspecified atom stereocenters. The monoisotopic (exact) mass is 388 g/mol. The number of hydrogen-bond donors (Lipinski definition) is 0. The molecule has 0 amide bonds. The largest absolute Gasteiger partial charge is 0.0651 e. The van der Waals surface area contributed by atoms with E-state index in [4.69, 9.17) is 0 Å². The molecular weight excluding hydrogens is 336 g/mol. The maximum absolute atomic E-state index is 2.51. The normalized spacial score (nSPS) is 41.2. The van der Waals surface area contributed by atoms with Crippen molar-refractivity contribution < 1.29 is 0 Å². The Kier molecular flexibility index (Phi) is 7.64. The first-order valence-electron chi connectivity index (χ1n) is 13.2. The van der Waals surface area contributed by atoms with Gasteiger partial charge in [-0.3, -0.25) is 0 Å². The van der Waals surface area contributed by atoms with Gasteiger partial charge in [0.25, 0.3) is 0 Å². The van der Waals surface area contributed by atoms with E-state index in [1.54, 1.807) is 38.5 Å². The summed E-state index contributed by atoms with van der Waals surface area (Å²) in [6.07, 6.45) is 16.7. The zero-order valence-corrected chi connectivity index (χ0v) is 20.5. The average Bonchev–Trinajstić information content (AvgIpc) is 2.65. The van der Waals surface area contributed by atoms with E-state index in [2.05, 4.69) is 48.5 Å². The van der Waals surface area contributed by atoms with Crippen molar-refractivity contribution in [2.75, 3.05) is 0 Å². The summed E-state index contributed by atoms with van der Waals surface area (Å²) >= 11 is 0. The molecule has 0 heteroatoms. The highest BCUT2D eigenvalue weighted by molar-refractivity contribution is 5.03. The van der Waals surface area contributed by atoms with Crippen molar-refractivity contribution >= 4 is 0 Å². The third-order valence-corrected chi connectivity index (χ3v) is 9.91. The quantitative estimate of drug-likeness (QED) is 0.440. The predicted molar refractivity (Wildman–Crippen MR) is 124 cm³/mol. The van der Waals surface area contributed by atoms with Crippen molar-refractivity contribution in [3.05, 3.63) is 0 Å². The molecule has 5 rings (SSSR count). The molecular formula is C28H52. The molecule has 0 spiro atoms. The van der Waals surface area contributed by atoms with Crippen molar-refractivity contribution in [3.8, 4) is 0 Å². The van der Waals surface area contributed by atoms with Crippen LogP contribution in [0.5, 0.6) is 0 Å². The summed E-state index contributed by atoms with van der Waals surface area (Å²) in [4.78, 5) is 0. The summed E-state index contributed by atoms with van der Waals surface area (Å²) in [7, 11) is 0. The molecule has 0 aromatic carbocycles. The summed E-state index contributed by atoms with van der Waals surface area (Å²) in [5.41, 5.74) is 0.694. The van der Waals surface area contributed by atoms with Gasteiger partial charge in [0, 0.05) is 0 Å². The second-order valence-electron chi connectivity index (χ2n) is 12.9. The van der Waals surface area contributed by atoms with Crippen molar-refractivity contribution in [1.29, 1.82) is 0 Å². The lowest BCUT2D eigenvalue weighted by molar-refractivity contribution is -0.107. The van der Waals surface area contributed by atoms with Crippen LogP contribution in [0.25, 0.3) is 0 Å². The summed E-state index contributed by atoms with van der Waals surface area (Å²) in [5.74, 6) is 9.36. The van der Waals surface area contributed by atoms with Crippen LogP contribution in [0, 0.1) is 58.7 Å². The molecule has 5 aliphatic rings. The molecule has 28 heavy (non-hydrogen) atoms. The maximum atomic E-state index is 2.51. The Hall–Kier alpha value is 0. The van der Waals surface area contributed by atoms with E-state index in [9.17, 15) is 0 Å². The Bertz CT molecular complexity index is 456. The van der Waals surface area contributed by atoms with Gasteiger partial charge < -0.3 is 0 Å². The Labute approximate surface area is 178 Å². The Morgan fingerprint density at radius 3 is 1.93 bits per heavy atom. The molecule has 5 saturated carbocycles. The fraction of sp³-hybridized carbons (Fsp3) is 1.00. The standard InChI is InChI=1S/2C14H26/c1-10(2)5-6-11-7-8-12-9-13(11)14(12,3)4;1-4-11-5-12-7-13(6-11)9-14(8-12)10(2)3/h10-13H,5-9H2,1-4H3;10-14H,4-9H2,1-3H3/t11-,12-,13-;11?,12-,13+,14?/m0./s1. The van der Waals surface area contributed by atoms with E-state index in [-0.39, 0.29) is 0 Å². The zero-order valence-electron chi connectivity index (χ0n) is 20.5. The van der Waals surface area contributed by atoms with E-state index in [1.165, 1.54) is 32.1 Å². The van der Waals surface area contributed by atoms with E-state index >= 15 is 0 Å². The molecule has 0 N–H and O–H groups in total. The Morgan fingerprint density at radius 1 is 0.821 bits per heavy atom. The molecule has 0 aromatic rings. The van der Waals surface area contributed by atoms with Gasteiger partial charge in [-0.15, -0.1) is 0 Å². The minimum Gasteiger partial charge on any atom is -0.0651 e. The lowest BCUT2D eigenvalue weighted by Gasteiger charge is -2.60. The summed E-state index contributed by atoms with van der Waals surface area (Å²) in [5, 5.41) is 0. The minimum atomic E-state index is 0.694. The van der Waals surface area contributed by atoms with Crippen LogP contribution in [0.2, 0.25) is 0 Å². The van der Waals surface area contributed by atoms with Gasteiger partial charge in [-0.2, -0.15) is 0 Å². The second kappa shape index (κ2) is 9.43. The lowest BCUT2D eigenvalue weighted by Crippen LogP contribution is -2.52. The highest BCUT2D eigenvalue weighted by Gasteiger charge is 2.53. The minimum absolute atomic E-state index is 0.694. The Morgan fingerprint density at radius 2 is 1.46 bits per heavy atom. The third-order valence-electron chi connectivity index (χ3n) is 9.91. The smallest absolute Gasteiger partial charge is 0.0295 e. The van der Waals surface area contributed by atoms with Gasteiger partial charge in [0.15, 0.2) is 0 Å². The van der Waals surface area contributed by atoms with Gasteiger partial charge in [-0.05, 0) is 116 Å².